The number of carbonyl (C=O) groups is 2. The van der Waals surface area contributed by atoms with Gasteiger partial charge < -0.3 is 10.2 Å². The molecule has 0 atom stereocenters. The van der Waals surface area contributed by atoms with Gasteiger partial charge in [0.05, 0.1) is 11.6 Å². The molecule has 202 valence electrons. The molecule has 7 heteroatoms. The minimum Gasteiger partial charge on any atom is -0.348 e. The molecule has 1 N–H and O–H groups in total. The van der Waals surface area contributed by atoms with E-state index in [1.54, 1.807) is 24.3 Å². The van der Waals surface area contributed by atoms with Gasteiger partial charge in [-0.2, -0.15) is 5.26 Å². The van der Waals surface area contributed by atoms with Crippen LogP contribution in [0.3, 0.4) is 0 Å². The number of halogens is 1. The smallest absolute Gasteiger partial charge is 0.251 e. The van der Waals surface area contributed by atoms with Crippen LogP contribution in [0.4, 0.5) is 4.39 Å². The molecule has 0 saturated carbocycles. The Labute approximate surface area is 230 Å². The van der Waals surface area contributed by atoms with Crippen molar-refractivity contribution in [1.82, 2.24) is 15.1 Å². The number of benzene rings is 3. The average Bonchev–Trinajstić information content (AvgIpc) is 2.95. The van der Waals surface area contributed by atoms with Crippen molar-refractivity contribution in [2.24, 2.45) is 5.92 Å². The van der Waals surface area contributed by atoms with E-state index >= 15 is 0 Å². The van der Waals surface area contributed by atoms with Crippen molar-refractivity contribution in [3.63, 3.8) is 0 Å². The lowest BCUT2D eigenvalue weighted by Gasteiger charge is -2.39. The van der Waals surface area contributed by atoms with Crippen LogP contribution in [-0.2, 0) is 24.4 Å². The van der Waals surface area contributed by atoms with Crippen molar-refractivity contribution in [2.75, 3.05) is 13.1 Å². The molecule has 0 unspecified atom stereocenters. The number of nitriles is 1. The molecule has 0 bridgehead atoms. The van der Waals surface area contributed by atoms with E-state index in [2.05, 4.69) is 16.3 Å². The van der Waals surface area contributed by atoms with E-state index in [9.17, 15) is 14.0 Å². The SMILES string of the molecule is CC(C)C(=O)N(Cc1ccc(C(=O)NCc2cccc(F)c2)cc1)C1CCN(Cc2ccc(C#N)cc2)CC1. The molecule has 0 aromatic heterocycles. The number of hydrogen-bond donors (Lipinski definition) is 1. The van der Waals surface area contributed by atoms with Crippen LogP contribution < -0.4 is 5.32 Å². The molecule has 3 aromatic carbocycles. The van der Waals surface area contributed by atoms with Crippen LogP contribution >= 0.6 is 0 Å². The summed E-state index contributed by atoms with van der Waals surface area (Å²) in [6.45, 7) is 7.25. The maximum Gasteiger partial charge on any atom is 0.251 e. The van der Waals surface area contributed by atoms with Crippen molar-refractivity contribution >= 4 is 11.8 Å². The van der Waals surface area contributed by atoms with E-state index in [0.29, 0.717) is 23.2 Å². The largest absolute Gasteiger partial charge is 0.348 e. The first-order valence-corrected chi connectivity index (χ1v) is 13.5. The van der Waals surface area contributed by atoms with Gasteiger partial charge in [-0.1, -0.05) is 50.2 Å². The lowest BCUT2D eigenvalue weighted by molar-refractivity contribution is -0.138. The molecule has 1 fully saturated rings. The van der Waals surface area contributed by atoms with E-state index in [4.69, 9.17) is 5.26 Å². The summed E-state index contributed by atoms with van der Waals surface area (Å²) in [4.78, 5) is 30.2. The minimum atomic E-state index is -0.330. The van der Waals surface area contributed by atoms with Crippen LogP contribution in [0.2, 0.25) is 0 Å². The Bertz CT molecular complexity index is 1310. The Balaban J connectivity index is 1.34. The molecule has 39 heavy (non-hydrogen) atoms. The fourth-order valence-electron chi connectivity index (χ4n) is 4.94. The fraction of sp³-hybridized carbons (Fsp3) is 0.344. The highest BCUT2D eigenvalue weighted by molar-refractivity contribution is 5.94. The Morgan fingerprint density at radius 2 is 1.67 bits per heavy atom. The van der Waals surface area contributed by atoms with E-state index in [-0.39, 0.29) is 36.1 Å². The molecule has 6 nitrogen and oxygen atoms in total. The van der Waals surface area contributed by atoms with Crippen molar-refractivity contribution < 1.29 is 14.0 Å². The summed E-state index contributed by atoms with van der Waals surface area (Å²) in [5.74, 6) is -0.522. The zero-order valence-corrected chi connectivity index (χ0v) is 22.6. The molecular weight excluding hydrogens is 491 g/mol. The molecule has 3 aromatic rings. The fourth-order valence-corrected chi connectivity index (χ4v) is 4.94. The number of nitrogens with one attached hydrogen (secondary N) is 1. The Hall–Kier alpha value is -4.02. The Morgan fingerprint density at radius 3 is 2.28 bits per heavy atom. The normalized spacial score (nSPS) is 14.1. The zero-order valence-electron chi connectivity index (χ0n) is 22.6. The molecule has 1 saturated heterocycles. The first-order valence-electron chi connectivity index (χ1n) is 13.5. The predicted octanol–water partition coefficient (Wildman–Crippen LogP) is 5.28. The van der Waals surface area contributed by atoms with Crippen LogP contribution in [0.1, 0.15) is 59.3 Å². The highest BCUT2D eigenvalue weighted by Gasteiger charge is 2.29. The maximum absolute atomic E-state index is 13.4. The molecular formula is C32H35FN4O2. The summed E-state index contributed by atoms with van der Waals surface area (Å²) in [5, 5.41) is 11.8. The van der Waals surface area contributed by atoms with E-state index in [1.165, 1.54) is 17.7 Å². The van der Waals surface area contributed by atoms with Gasteiger partial charge in [0.15, 0.2) is 0 Å². The quantitative estimate of drug-likeness (QED) is 0.412. The van der Waals surface area contributed by atoms with Crippen molar-refractivity contribution in [1.29, 1.82) is 5.26 Å². The molecule has 1 aliphatic rings. The van der Waals surface area contributed by atoms with Gasteiger partial charge in [-0.15, -0.1) is 0 Å². The number of rotatable bonds is 9. The maximum atomic E-state index is 13.4. The third-order valence-electron chi connectivity index (χ3n) is 7.18. The standard InChI is InChI=1S/C32H35FN4O2/c1-23(2)32(39)37(30-14-16-36(17-15-30)21-25-8-6-24(19-34)7-9-25)22-26-10-12-28(13-11-26)31(38)35-20-27-4-3-5-29(33)18-27/h3-13,18,23,30H,14-17,20-22H2,1-2H3,(H,35,38). The van der Waals surface area contributed by atoms with Gasteiger partial charge in [0.2, 0.25) is 5.91 Å². The van der Waals surface area contributed by atoms with Crippen LogP contribution in [0.15, 0.2) is 72.8 Å². The molecule has 4 rings (SSSR count). The van der Waals surface area contributed by atoms with Gasteiger partial charge in [0.1, 0.15) is 5.82 Å². The van der Waals surface area contributed by atoms with E-state index in [0.717, 1.165) is 38.0 Å². The molecule has 1 heterocycles. The topological polar surface area (TPSA) is 76.4 Å². The Kier molecular flexibility index (Phi) is 9.45. The first-order chi connectivity index (χ1) is 18.8. The van der Waals surface area contributed by atoms with Gasteiger partial charge in [0, 0.05) is 50.2 Å². The van der Waals surface area contributed by atoms with Crippen molar-refractivity contribution in [2.45, 2.75) is 52.4 Å². The molecule has 0 aliphatic carbocycles. The number of carbonyl (C=O) groups excluding carboxylic acids is 2. The van der Waals surface area contributed by atoms with Crippen LogP contribution in [0.25, 0.3) is 0 Å². The summed E-state index contributed by atoms with van der Waals surface area (Å²) in [6, 6.07) is 23.5. The highest BCUT2D eigenvalue weighted by Crippen LogP contribution is 2.23. The number of nitrogens with zero attached hydrogens (tertiary/aromatic N) is 3. The van der Waals surface area contributed by atoms with Gasteiger partial charge in [-0.3, -0.25) is 14.5 Å². The summed E-state index contributed by atoms with van der Waals surface area (Å²) in [7, 11) is 0. The minimum absolute atomic E-state index is 0.102. The van der Waals surface area contributed by atoms with Gasteiger partial charge in [0.25, 0.3) is 5.91 Å². The van der Waals surface area contributed by atoms with Crippen LogP contribution in [0, 0.1) is 23.1 Å². The van der Waals surface area contributed by atoms with Crippen LogP contribution in [0.5, 0.6) is 0 Å². The third-order valence-corrected chi connectivity index (χ3v) is 7.18. The van der Waals surface area contributed by atoms with Gasteiger partial charge in [-0.25, -0.2) is 4.39 Å². The monoisotopic (exact) mass is 526 g/mol. The van der Waals surface area contributed by atoms with E-state index in [1.807, 2.05) is 55.1 Å². The van der Waals surface area contributed by atoms with Gasteiger partial charge in [-0.05, 0) is 65.9 Å². The lowest BCUT2D eigenvalue weighted by atomic mass is 9.99. The molecule has 0 spiro atoms. The average molecular weight is 527 g/mol. The van der Waals surface area contributed by atoms with Crippen LogP contribution in [-0.4, -0.2) is 40.7 Å². The first kappa shape index (κ1) is 28.0. The number of likely N-dealkylation sites (tertiary alicyclic amines) is 1. The van der Waals surface area contributed by atoms with Crippen molar-refractivity contribution in [3.05, 3.63) is 106 Å². The van der Waals surface area contributed by atoms with Gasteiger partial charge >= 0.3 is 0 Å². The predicted molar refractivity (Wildman–Crippen MR) is 149 cm³/mol. The lowest BCUT2D eigenvalue weighted by Crippen LogP contribution is -2.48. The second kappa shape index (κ2) is 13.2. The van der Waals surface area contributed by atoms with Crippen molar-refractivity contribution in [3.8, 4) is 6.07 Å². The zero-order chi connectivity index (χ0) is 27.8. The molecule has 1 aliphatic heterocycles. The summed E-state index contributed by atoms with van der Waals surface area (Å²) >= 11 is 0. The second-order valence-corrected chi connectivity index (χ2v) is 10.4. The number of piperidine rings is 1. The van der Waals surface area contributed by atoms with E-state index < -0.39 is 0 Å². The molecule has 2 amide bonds. The highest BCUT2D eigenvalue weighted by atomic mass is 19.1. The number of hydrogen-bond acceptors (Lipinski definition) is 4. The third kappa shape index (κ3) is 7.75. The number of amides is 2. The second-order valence-electron chi connectivity index (χ2n) is 10.4. The summed E-state index contributed by atoms with van der Waals surface area (Å²) in [5.41, 5.74) is 4.05. The summed E-state index contributed by atoms with van der Waals surface area (Å²) in [6.07, 6.45) is 1.80. The summed E-state index contributed by atoms with van der Waals surface area (Å²) < 4.78 is 13.4. The Morgan fingerprint density at radius 1 is 1.00 bits per heavy atom. The molecule has 0 radical (unpaired) electrons.